The van der Waals surface area contributed by atoms with Gasteiger partial charge in [0.1, 0.15) is 0 Å². The summed E-state index contributed by atoms with van der Waals surface area (Å²) in [6.07, 6.45) is 0.904. The van der Waals surface area contributed by atoms with Gasteiger partial charge in [-0.1, -0.05) is 25.1 Å². The Labute approximate surface area is 87.9 Å². The topological polar surface area (TPSA) is 58.9 Å². The van der Waals surface area contributed by atoms with Crippen molar-refractivity contribution in [2.75, 3.05) is 0 Å². The first kappa shape index (κ1) is 9.93. The van der Waals surface area contributed by atoms with Gasteiger partial charge in [0.05, 0.1) is 5.52 Å². The van der Waals surface area contributed by atoms with E-state index in [2.05, 4.69) is 11.9 Å². The molecule has 0 atom stereocenters. The van der Waals surface area contributed by atoms with Crippen molar-refractivity contribution in [3.05, 3.63) is 45.7 Å². The number of aromatic nitrogens is 1. The number of hydrogen-bond donors (Lipinski definition) is 2. The van der Waals surface area contributed by atoms with Crippen LogP contribution in [0.25, 0.3) is 10.9 Å². The maximum atomic E-state index is 11.4. The molecule has 3 heteroatoms. The number of H-pyrrole nitrogens is 1. The van der Waals surface area contributed by atoms with Gasteiger partial charge in [-0.3, -0.25) is 4.79 Å². The lowest BCUT2D eigenvalue weighted by Crippen LogP contribution is -2.10. The number of pyridine rings is 1. The standard InChI is InChI=1S/C12H14N2O/c1-2-8-4-3-5-10-9(7-13)6-11(15)14-12(8)10/h3-6H,2,7,13H2,1H3,(H,14,15). The van der Waals surface area contributed by atoms with Crippen LogP contribution in [0.5, 0.6) is 0 Å². The van der Waals surface area contributed by atoms with E-state index in [-0.39, 0.29) is 5.56 Å². The van der Waals surface area contributed by atoms with Crippen molar-refractivity contribution in [3.8, 4) is 0 Å². The first-order chi connectivity index (χ1) is 7.26. The Morgan fingerprint density at radius 2 is 2.13 bits per heavy atom. The second-order valence-electron chi connectivity index (χ2n) is 3.56. The minimum Gasteiger partial charge on any atom is -0.326 e. The van der Waals surface area contributed by atoms with Crippen LogP contribution in [-0.4, -0.2) is 4.98 Å². The quantitative estimate of drug-likeness (QED) is 0.776. The summed E-state index contributed by atoms with van der Waals surface area (Å²) in [5.41, 5.74) is 8.53. The van der Waals surface area contributed by atoms with Crippen molar-refractivity contribution < 1.29 is 0 Å². The van der Waals surface area contributed by atoms with Crippen LogP contribution in [0.4, 0.5) is 0 Å². The van der Waals surface area contributed by atoms with Gasteiger partial charge in [-0.2, -0.15) is 0 Å². The number of para-hydroxylation sites is 1. The molecule has 0 fully saturated rings. The zero-order valence-electron chi connectivity index (χ0n) is 8.71. The molecule has 0 saturated carbocycles. The summed E-state index contributed by atoms with van der Waals surface area (Å²) in [6.45, 7) is 2.47. The van der Waals surface area contributed by atoms with Crippen molar-refractivity contribution in [1.82, 2.24) is 4.98 Å². The zero-order chi connectivity index (χ0) is 10.8. The highest BCUT2D eigenvalue weighted by Gasteiger charge is 2.04. The molecule has 1 heterocycles. The van der Waals surface area contributed by atoms with Crippen LogP contribution in [-0.2, 0) is 13.0 Å². The number of rotatable bonds is 2. The summed E-state index contributed by atoms with van der Waals surface area (Å²) in [7, 11) is 0. The van der Waals surface area contributed by atoms with E-state index in [9.17, 15) is 4.79 Å². The van der Waals surface area contributed by atoms with Crippen LogP contribution in [0.1, 0.15) is 18.1 Å². The fourth-order valence-electron chi connectivity index (χ4n) is 1.87. The maximum Gasteiger partial charge on any atom is 0.248 e. The predicted molar refractivity (Wildman–Crippen MR) is 61.8 cm³/mol. The molecule has 0 saturated heterocycles. The van der Waals surface area contributed by atoms with Crippen molar-refractivity contribution in [2.24, 2.45) is 5.73 Å². The molecule has 0 radical (unpaired) electrons. The number of hydrogen-bond acceptors (Lipinski definition) is 2. The fraction of sp³-hybridized carbons (Fsp3) is 0.250. The molecule has 0 bridgehead atoms. The molecule has 0 spiro atoms. The largest absolute Gasteiger partial charge is 0.326 e. The Kier molecular flexibility index (Phi) is 2.56. The molecule has 0 unspecified atom stereocenters. The Morgan fingerprint density at radius 3 is 2.80 bits per heavy atom. The molecule has 0 aliphatic heterocycles. The smallest absolute Gasteiger partial charge is 0.248 e. The summed E-state index contributed by atoms with van der Waals surface area (Å²) in [6, 6.07) is 7.59. The van der Waals surface area contributed by atoms with Crippen LogP contribution in [0.15, 0.2) is 29.1 Å². The van der Waals surface area contributed by atoms with Gasteiger partial charge in [-0.05, 0) is 17.5 Å². The van der Waals surface area contributed by atoms with Crippen LogP contribution < -0.4 is 11.3 Å². The van der Waals surface area contributed by atoms with E-state index in [1.54, 1.807) is 6.07 Å². The Hall–Kier alpha value is -1.61. The van der Waals surface area contributed by atoms with E-state index < -0.39 is 0 Å². The average molecular weight is 202 g/mol. The maximum absolute atomic E-state index is 11.4. The van der Waals surface area contributed by atoms with Gasteiger partial charge in [-0.15, -0.1) is 0 Å². The second kappa shape index (κ2) is 3.87. The molecule has 2 aromatic rings. The summed E-state index contributed by atoms with van der Waals surface area (Å²) >= 11 is 0. The third-order valence-corrected chi connectivity index (χ3v) is 2.65. The van der Waals surface area contributed by atoms with Crippen LogP contribution in [0.3, 0.4) is 0 Å². The van der Waals surface area contributed by atoms with E-state index in [4.69, 9.17) is 5.73 Å². The van der Waals surface area contributed by atoms with Crippen molar-refractivity contribution in [2.45, 2.75) is 19.9 Å². The Balaban J connectivity index is 2.88. The Bertz CT molecular complexity index is 543. The predicted octanol–water partition coefficient (Wildman–Crippen LogP) is 1.55. The molecule has 0 amide bonds. The SMILES string of the molecule is CCc1cccc2c(CN)cc(=O)[nH]c12. The van der Waals surface area contributed by atoms with Crippen molar-refractivity contribution >= 4 is 10.9 Å². The first-order valence-electron chi connectivity index (χ1n) is 5.10. The molecular weight excluding hydrogens is 188 g/mol. The van der Waals surface area contributed by atoms with Gasteiger partial charge >= 0.3 is 0 Å². The van der Waals surface area contributed by atoms with E-state index in [1.807, 2.05) is 18.2 Å². The van der Waals surface area contributed by atoms with Crippen LogP contribution in [0.2, 0.25) is 0 Å². The molecule has 0 aliphatic carbocycles. The van der Waals surface area contributed by atoms with Gasteiger partial charge in [0.2, 0.25) is 5.56 Å². The summed E-state index contributed by atoms with van der Waals surface area (Å²) in [4.78, 5) is 14.3. The number of benzene rings is 1. The lowest BCUT2D eigenvalue weighted by atomic mass is 10.0. The molecular formula is C12H14N2O. The molecule has 1 aromatic carbocycles. The third-order valence-electron chi connectivity index (χ3n) is 2.65. The van der Waals surface area contributed by atoms with E-state index in [1.165, 1.54) is 0 Å². The first-order valence-corrected chi connectivity index (χ1v) is 5.10. The summed E-state index contributed by atoms with van der Waals surface area (Å²) in [5, 5.41) is 1.05. The highest BCUT2D eigenvalue weighted by molar-refractivity contribution is 5.84. The van der Waals surface area contributed by atoms with Gasteiger partial charge in [0.15, 0.2) is 0 Å². The number of nitrogens with two attached hydrogens (primary N) is 1. The molecule has 15 heavy (non-hydrogen) atoms. The third kappa shape index (κ3) is 1.66. The van der Waals surface area contributed by atoms with Crippen LogP contribution in [0, 0.1) is 0 Å². The molecule has 3 N–H and O–H groups in total. The summed E-state index contributed by atoms with van der Waals surface area (Å²) in [5.74, 6) is 0. The number of nitrogens with one attached hydrogen (secondary N) is 1. The lowest BCUT2D eigenvalue weighted by Gasteiger charge is -2.07. The van der Waals surface area contributed by atoms with Gasteiger partial charge in [0.25, 0.3) is 0 Å². The van der Waals surface area contributed by atoms with Gasteiger partial charge < -0.3 is 10.7 Å². The minimum atomic E-state index is -0.0798. The molecule has 78 valence electrons. The number of aromatic amines is 1. The van der Waals surface area contributed by atoms with Gasteiger partial charge in [0, 0.05) is 18.0 Å². The van der Waals surface area contributed by atoms with Crippen molar-refractivity contribution in [1.29, 1.82) is 0 Å². The van der Waals surface area contributed by atoms with E-state index in [0.29, 0.717) is 6.54 Å². The number of fused-ring (bicyclic) bond motifs is 1. The number of aryl methyl sites for hydroxylation is 1. The molecule has 2 rings (SSSR count). The second-order valence-corrected chi connectivity index (χ2v) is 3.56. The normalized spacial score (nSPS) is 10.8. The van der Waals surface area contributed by atoms with Gasteiger partial charge in [-0.25, -0.2) is 0 Å². The fourth-order valence-corrected chi connectivity index (χ4v) is 1.87. The Morgan fingerprint density at radius 1 is 1.33 bits per heavy atom. The molecule has 0 aliphatic rings. The lowest BCUT2D eigenvalue weighted by molar-refractivity contribution is 1.06. The highest BCUT2D eigenvalue weighted by atomic mass is 16.1. The molecule has 3 nitrogen and oxygen atoms in total. The van der Waals surface area contributed by atoms with E-state index in [0.717, 1.165) is 28.5 Å². The molecule has 1 aromatic heterocycles. The monoisotopic (exact) mass is 202 g/mol. The average Bonchev–Trinajstić information content (AvgIpc) is 2.27. The summed E-state index contributed by atoms with van der Waals surface area (Å²) < 4.78 is 0. The van der Waals surface area contributed by atoms with E-state index >= 15 is 0 Å². The van der Waals surface area contributed by atoms with Crippen molar-refractivity contribution in [3.63, 3.8) is 0 Å². The minimum absolute atomic E-state index is 0.0798. The van der Waals surface area contributed by atoms with Crippen LogP contribution >= 0.6 is 0 Å². The highest BCUT2D eigenvalue weighted by Crippen LogP contribution is 2.18. The zero-order valence-corrected chi connectivity index (χ0v) is 8.71.